The predicted octanol–water partition coefficient (Wildman–Crippen LogP) is 5.69. The van der Waals surface area contributed by atoms with Gasteiger partial charge in [-0.3, -0.25) is 0 Å². The first kappa shape index (κ1) is 16.0. The molecule has 0 amide bonds. The second-order valence-corrected chi connectivity index (χ2v) is 5.82. The first-order valence-electron chi connectivity index (χ1n) is 6.47. The van der Waals surface area contributed by atoms with Crippen molar-refractivity contribution in [2.24, 2.45) is 11.3 Å². The maximum atomic E-state index is 2.28. The fourth-order valence-electron chi connectivity index (χ4n) is 1.90. The minimum absolute atomic E-state index is 0.248. The van der Waals surface area contributed by atoms with Crippen LogP contribution in [0.25, 0.3) is 0 Å². The van der Waals surface area contributed by atoms with Crippen LogP contribution in [0.5, 0.6) is 0 Å². The topological polar surface area (TPSA) is 0 Å². The van der Waals surface area contributed by atoms with Crippen molar-refractivity contribution in [1.82, 2.24) is 0 Å². The van der Waals surface area contributed by atoms with E-state index < -0.39 is 0 Å². The Morgan fingerprint density at radius 3 is 2.00 bits per heavy atom. The van der Waals surface area contributed by atoms with Gasteiger partial charge in [-0.05, 0) is 25.2 Å². The van der Waals surface area contributed by atoms with E-state index in [1.807, 2.05) is 19.1 Å². The molecule has 0 atom stereocenters. The highest BCUT2D eigenvalue weighted by atomic mass is 14.2. The Morgan fingerprint density at radius 1 is 1.00 bits per heavy atom. The molecule has 0 aliphatic rings. The molecule has 0 aromatic rings. The third-order valence-corrected chi connectivity index (χ3v) is 2.68. The van der Waals surface area contributed by atoms with E-state index >= 15 is 0 Å². The van der Waals surface area contributed by atoms with Gasteiger partial charge in [0.2, 0.25) is 0 Å². The van der Waals surface area contributed by atoms with Crippen LogP contribution in [0, 0.1) is 11.3 Å². The molecule has 0 heterocycles. The lowest BCUT2D eigenvalue weighted by Crippen LogP contribution is -2.14. The molecule has 96 valence electrons. The van der Waals surface area contributed by atoms with Gasteiger partial charge in [-0.1, -0.05) is 82.2 Å². The maximum Gasteiger partial charge on any atom is -0.0167 e. The summed E-state index contributed by atoms with van der Waals surface area (Å²) in [4.78, 5) is 0. The van der Waals surface area contributed by atoms with Crippen molar-refractivity contribution in [1.29, 1.82) is 0 Å². The zero-order valence-corrected chi connectivity index (χ0v) is 12.5. The Bertz CT molecular complexity index is 328. The zero-order valence-electron chi connectivity index (χ0n) is 12.5. The van der Waals surface area contributed by atoms with Crippen LogP contribution in [0.2, 0.25) is 0 Å². The van der Waals surface area contributed by atoms with Gasteiger partial charge in [-0.25, -0.2) is 0 Å². The molecule has 0 aromatic heterocycles. The van der Waals surface area contributed by atoms with Crippen molar-refractivity contribution < 1.29 is 0 Å². The molecule has 0 aliphatic heterocycles. The van der Waals surface area contributed by atoms with Crippen LogP contribution in [-0.2, 0) is 0 Å². The highest BCUT2D eigenvalue weighted by Crippen LogP contribution is 2.31. The molecule has 0 aromatic carbocycles. The lowest BCUT2D eigenvalue weighted by Gasteiger charge is -2.26. The highest BCUT2D eigenvalue weighted by molar-refractivity contribution is 5.28. The van der Waals surface area contributed by atoms with Crippen molar-refractivity contribution in [3.8, 4) is 0 Å². The summed E-state index contributed by atoms with van der Waals surface area (Å²) in [5, 5.41) is 0. The smallest absolute Gasteiger partial charge is 0.0167 e. The monoisotopic (exact) mass is 232 g/mol. The molecular formula is C17H28. The maximum absolute atomic E-state index is 2.28. The second kappa shape index (κ2) is 7.32. The van der Waals surface area contributed by atoms with Gasteiger partial charge < -0.3 is 0 Å². The normalized spacial score (nSPS) is 15.5. The molecule has 0 aliphatic carbocycles. The van der Waals surface area contributed by atoms with Crippen LogP contribution in [0.3, 0.4) is 0 Å². The Labute approximate surface area is 108 Å². The molecule has 0 saturated carbocycles. The molecule has 0 unspecified atom stereocenters. The molecule has 0 spiro atoms. The quantitative estimate of drug-likeness (QED) is 0.546. The van der Waals surface area contributed by atoms with Crippen LogP contribution in [0.1, 0.15) is 48.5 Å². The lowest BCUT2D eigenvalue weighted by molar-refractivity contribution is 0.448. The number of hydrogen-bond acceptors (Lipinski definition) is 0. The van der Waals surface area contributed by atoms with E-state index in [2.05, 4.69) is 65.8 Å². The summed E-state index contributed by atoms with van der Waals surface area (Å²) in [5.41, 5.74) is 3.03. The zero-order chi connectivity index (χ0) is 13.5. The van der Waals surface area contributed by atoms with Gasteiger partial charge in [0.1, 0.15) is 0 Å². The molecule has 0 nitrogen and oxygen atoms in total. The minimum atomic E-state index is 0.248. The molecule has 0 fully saturated rings. The summed E-state index contributed by atoms with van der Waals surface area (Å²) in [6, 6.07) is 0. The highest BCUT2D eigenvalue weighted by Gasteiger charge is 2.18. The van der Waals surface area contributed by atoms with Crippen molar-refractivity contribution in [2.75, 3.05) is 0 Å². The Hall–Kier alpha value is -1.04. The van der Waals surface area contributed by atoms with Gasteiger partial charge in [0.05, 0.1) is 0 Å². The second-order valence-electron chi connectivity index (χ2n) is 5.82. The SMILES string of the molecule is C/C=C/C=C/C(C)=C/C=C(\C(C)C)C(C)(C)C. The molecule has 0 bridgehead atoms. The standard InChI is InChI=1S/C17H28/c1-8-9-10-11-15(4)12-13-16(14(2)3)17(5,6)7/h8-14H,1-7H3/b9-8+,11-10+,15-12+,16-13+. The van der Waals surface area contributed by atoms with Crippen LogP contribution in [0.15, 0.2) is 47.6 Å². The van der Waals surface area contributed by atoms with Gasteiger partial charge in [-0.15, -0.1) is 0 Å². The first-order valence-corrected chi connectivity index (χ1v) is 6.47. The predicted molar refractivity (Wildman–Crippen MR) is 80.1 cm³/mol. The Kier molecular flexibility index (Phi) is 6.87. The van der Waals surface area contributed by atoms with E-state index in [0.717, 1.165) is 0 Å². The summed E-state index contributed by atoms with van der Waals surface area (Å²) >= 11 is 0. The number of hydrogen-bond donors (Lipinski definition) is 0. The van der Waals surface area contributed by atoms with E-state index in [0.29, 0.717) is 5.92 Å². The van der Waals surface area contributed by atoms with Gasteiger partial charge in [0.25, 0.3) is 0 Å². The van der Waals surface area contributed by atoms with Gasteiger partial charge in [0, 0.05) is 0 Å². The van der Waals surface area contributed by atoms with Crippen LogP contribution in [-0.4, -0.2) is 0 Å². The van der Waals surface area contributed by atoms with Gasteiger partial charge in [-0.2, -0.15) is 0 Å². The summed E-state index contributed by atoms with van der Waals surface area (Å²) in [6.07, 6.45) is 12.8. The number of allylic oxidation sites excluding steroid dienone is 8. The minimum Gasteiger partial charge on any atom is -0.0877 e. The summed E-state index contributed by atoms with van der Waals surface area (Å²) in [5.74, 6) is 0.596. The van der Waals surface area contributed by atoms with Crippen molar-refractivity contribution in [3.05, 3.63) is 47.6 Å². The third kappa shape index (κ3) is 6.99. The van der Waals surface area contributed by atoms with E-state index in [1.165, 1.54) is 11.1 Å². The van der Waals surface area contributed by atoms with Gasteiger partial charge >= 0.3 is 0 Å². The lowest BCUT2D eigenvalue weighted by atomic mass is 9.80. The van der Waals surface area contributed by atoms with Crippen LogP contribution in [0.4, 0.5) is 0 Å². The summed E-state index contributed by atoms with van der Waals surface area (Å²) < 4.78 is 0. The van der Waals surface area contributed by atoms with E-state index in [1.54, 1.807) is 0 Å². The molecule has 17 heavy (non-hydrogen) atoms. The summed E-state index contributed by atoms with van der Waals surface area (Å²) in [6.45, 7) is 15.5. The fourth-order valence-corrected chi connectivity index (χ4v) is 1.90. The Morgan fingerprint density at radius 2 is 1.59 bits per heavy atom. The van der Waals surface area contributed by atoms with Crippen LogP contribution >= 0.6 is 0 Å². The van der Waals surface area contributed by atoms with Crippen molar-refractivity contribution >= 4 is 0 Å². The average molecular weight is 232 g/mol. The number of rotatable bonds is 4. The molecule has 0 radical (unpaired) electrons. The van der Waals surface area contributed by atoms with Crippen molar-refractivity contribution in [2.45, 2.75) is 48.5 Å². The average Bonchev–Trinajstić information content (AvgIpc) is 2.15. The van der Waals surface area contributed by atoms with E-state index in [-0.39, 0.29) is 5.41 Å². The van der Waals surface area contributed by atoms with E-state index in [9.17, 15) is 0 Å². The molecule has 0 heteroatoms. The largest absolute Gasteiger partial charge is 0.0877 e. The Balaban J connectivity index is 4.92. The fraction of sp³-hybridized carbons (Fsp3) is 0.529. The summed E-state index contributed by atoms with van der Waals surface area (Å²) in [7, 11) is 0. The first-order chi connectivity index (χ1) is 7.79. The molecule has 0 rings (SSSR count). The van der Waals surface area contributed by atoms with Crippen molar-refractivity contribution in [3.63, 3.8) is 0 Å². The molecule has 0 N–H and O–H groups in total. The third-order valence-electron chi connectivity index (χ3n) is 2.68. The molecular weight excluding hydrogens is 204 g/mol. The van der Waals surface area contributed by atoms with Crippen LogP contribution < -0.4 is 0 Å². The van der Waals surface area contributed by atoms with E-state index in [4.69, 9.17) is 0 Å². The van der Waals surface area contributed by atoms with Gasteiger partial charge in [0.15, 0.2) is 0 Å². The molecule has 0 saturated heterocycles.